The molecule has 7 aromatic rings. The molecule has 0 heterocycles. The van der Waals surface area contributed by atoms with Gasteiger partial charge in [0.25, 0.3) is 0 Å². The molecule has 0 nitrogen and oxygen atoms in total. The van der Waals surface area contributed by atoms with Crippen LogP contribution in [0.25, 0.3) is 66.1 Å². The highest BCUT2D eigenvalue weighted by atomic mass is 14.4. The Bertz CT molecular complexity index is 2160. The first-order valence-corrected chi connectivity index (χ1v) is 15.8. The Hall–Kier alpha value is -4.94. The van der Waals surface area contributed by atoms with Crippen molar-refractivity contribution in [2.24, 2.45) is 0 Å². The number of hydrogen-bond acceptors (Lipinski definition) is 0. The van der Waals surface area contributed by atoms with Gasteiger partial charge < -0.3 is 0 Å². The summed E-state index contributed by atoms with van der Waals surface area (Å²) in [6.45, 7) is 9.44. The lowest BCUT2D eigenvalue weighted by Gasteiger charge is -2.22. The van der Waals surface area contributed by atoms with Crippen LogP contribution in [0.4, 0.5) is 0 Å². The molecular formula is C44H34. The monoisotopic (exact) mass is 562 g/mol. The van der Waals surface area contributed by atoms with Gasteiger partial charge >= 0.3 is 0 Å². The molecular weight excluding hydrogens is 528 g/mol. The Morgan fingerprint density at radius 2 is 0.705 bits per heavy atom. The van der Waals surface area contributed by atoms with Gasteiger partial charge in [-0.3, -0.25) is 0 Å². The van der Waals surface area contributed by atoms with Crippen LogP contribution in [0.2, 0.25) is 0 Å². The normalized spacial score (nSPS) is 15.2. The SMILES string of the molecule is CC1(C)c2ccccc2-c2ccc(-c3cccc4cc5c(-c6ccc7c(c6)C(C)(C)c6ccccc6-7)cccc5cc34)cc21. The largest absolute Gasteiger partial charge is 0.0619 e. The van der Waals surface area contributed by atoms with Crippen molar-refractivity contribution in [3.63, 3.8) is 0 Å². The predicted octanol–water partition coefficient (Wildman–Crippen LogP) is 11.9. The van der Waals surface area contributed by atoms with Crippen molar-refractivity contribution >= 4 is 21.5 Å². The van der Waals surface area contributed by atoms with E-state index in [9.17, 15) is 0 Å². The highest BCUT2D eigenvalue weighted by molar-refractivity contribution is 6.09. The third kappa shape index (κ3) is 3.40. The minimum atomic E-state index is -0.0140. The quantitative estimate of drug-likeness (QED) is 0.184. The van der Waals surface area contributed by atoms with Crippen LogP contribution in [0.5, 0.6) is 0 Å². The molecule has 210 valence electrons. The van der Waals surface area contributed by atoms with E-state index in [0.29, 0.717) is 0 Å². The molecule has 0 bridgehead atoms. The molecule has 0 spiro atoms. The van der Waals surface area contributed by atoms with Crippen LogP contribution in [0.3, 0.4) is 0 Å². The summed E-state index contributed by atoms with van der Waals surface area (Å²) in [7, 11) is 0. The minimum Gasteiger partial charge on any atom is -0.0619 e. The van der Waals surface area contributed by atoms with Gasteiger partial charge in [0.15, 0.2) is 0 Å². The molecule has 0 saturated heterocycles. The van der Waals surface area contributed by atoms with E-state index in [4.69, 9.17) is 0 Å². The summed E-state index contributed by atoms with van der Waals surface area (Å²) in [6, 6.07) is 50.3. The standard InChI is InChI=1S/C44H34/c1-43(2)39-17-7-5-13-33(39)35-21-19-29(25-41(35)43)31-15-9-11-27-24-38-28(23-37(27)31)12-10-16-32(38)30-20-22-36-34-14-6-8-18-40(34)44(3,4)42(36)26-30/h5-26H,1-4H3. The van der Waals surface area contributed by atoms with Crippen LogP contribution in [0.1, 0.15) is 49.9 Å². The minimum absolute atomic E-state index is 0.0140. The van der Waals surface area contributed by atoms with Crippen LogP contribution >= 0.6 is 0 Å². The molecule has 0 saturated carbocycles. The highest BCUT2D eigenvalue weighted by Crippen LogP contribution is 2.51. The first-order chi connectivity index (χ1) is 21.3. The zero-order chi connectivity index (χ0) is 29.8. The molecule has 2 aliphatic carbocycles. The molecule has 7 aromatic carbocycles. The molecule has 0 N–H and O–H groups in total. The number of hydrogen-bond donors (Lipinski definition) is 0. The summed E-state index contributed by atoms with van der Waals surface area (Å²) < 4.78 is 0. The average molecular weight is 563 g/mol. The van der Waals surface area contributed by atoms with E-state index in [1.54, 1.807) is 0 Å². The van der Waals surface area contributed by atoms with E-state index in [1.165, 1.54) is 88.3 Å². The number of benzene rings is 7. The van der Waals surface area contributed by atoms with Gasteiger partial charge in [0.05, 0.1) is 0 Å². The maximum atomic E-state index is 2.44. The topological polar surface area (TPSA) is 0 Å². The molecule has 0 aliphatic heterocycles. The van der Waals surface area contributed by atoms with Crippen molar-refractivity contribution in [1.29, 1.82) is 0 Å². The van der Waals surface area contributed by atoms with E-state index in [0.717, 1.165) is 0 Å². The van der Waals surface area contributed by atoms with Crippen molar-refractivity contribution in [3.05, 3.63) is 156 Å². The fraction of sp³-hybridized carbons (Fsp3) is 0.136. The second-order valence-electron chi connectivity index (χ2n) is 13.8. The van der Waals surface area contributed by atoms with Gasteiger partial charge in [0, 0.05) is 10.8 Å². The molecule has 0 heteroatoms. The smallest absolute Gasteiger partial charge is 0.0159 e. The highest BCUT2D eigenvalue weighted by Gasteiger charge is 2.36. The second-order valence-corrected chi connectivity index (χ2v) is 13.8. The van der Waals surface area contributed by atoms with Crippen LogP contribution in [-0.2, 0) is 10.8 Å². The Labute approximate surface area is 259 Å². The number of rotatable bonds is 2. The van der Waals surface area contributed by atoms with Gasteiger partial charge in [-0.25, -0.2) is 0 Å². The van der Waals surface area contributed by atoms with Crippen LogP contribution in [0, 0.1) is 0 Å². The van der Waals surface area contributed by atoms with E-state index >= 15 is 0 Å². The Morgan fingerprint density at radius 3 is 1.16 bits per heavy atom. The van der Waals surface area contributed by atoms with E-state index in [-0.39, 0.29) is 10.8 Å². The van der Waals surface area contributed by atoms with Crippen LogP contribution in [0.15, 0.2) is 133 Å². The van der Waals surface area contributed by atoms with Gasteiger partial charge in [0.2, 0.25) is 0 Å². The molecule has 0 atom stereocenters. The molecule has 0 fully saturated rings. The fourth-order valence-corrected chi connectivity index (χ4v) is 8.30. The van der Waals surface area contributed by atoms with Gasteiger partial charge in [-0.1, -0.05) is 137 Å². The van der Waals surface area contributed by atoms with E-state index in [1.807, 2.05) is 0 Å². The average Bonchev–Trinajstić information content (AvgIpc) is 3.42. The molecule has 0 radical (unpaired) electrons. The maximum absolute atomic E-state index is 2.44. The number of fused-ring (bicyclic) bond motifs is 8. The van der Waals surface area contributed by atoms with Crippen molar-refractivity contribution in [1.82, 2.24) is 0 Å². The Morgan fingerprint density at radius 1 is 0.318 bits per heavy atom. The summed E-state index contributed by atoms with van der Waals surface area (Å²) in [4.78, 5) is 0. The van der Waals surface area contributed by atoms with Gasteiger partial charge in [-0.05, 0) is 113 Å². The van der Waals surface area contributed by atoms with Gasteiger partial charge in [-0.2, -0.15) is 0 Å². The zero-order valence-corrected chi connectivity index (χ0v) is 25.7. The van der Waals surface area contributed by atoms with Crippen molar-refractivity contribution < 1.29 is 0 Å². The first-order valence-electron chi connectivity index (χ1n) is 15.8. The van der Waals surface area contributed by atoms with Crippen molar-refractivity contribution in [2.75, 3.05) is 0 Å². The molecule has 0 aromatic heterocycles. The Balaban J connectivity index is 1.19. The van der Waals surface area contributed by atoms with Crippen LogP contribution < -0.4 is 0 Å². The molecule has 0 amide bonds. The maximum Gasteiger partial charge on any atom is 0.0159 e. The predicted molar refractivity (Wildman–Crippen MR) is 187 cm³/mol. The summed E-state index contributed by atoms with van der Waals surface area (Å²) >= 11 is 0. The van der Waals surface area contributed by atoms with Crippen molar-refractivity contribution in [3.8, 4) is 44.5 Å². The van der Waals surface area contributed by atoms with Gasteiger partial charge in [0.1, 0.15) is 0 Å². The molecule has 9 rings (SSSR count). The first kappa shape index (κ1) is 25.5. The second kappa shape index (κ2) is 8.80. The Kier molecular flexibility index (Phi) is 5.11. The molecule has 44 heavy (non-hydrogen) atoms. The molecule has 0 unspecified atom stereocenters. The summed E-state index contributed by atoms with van der Waals surface area (Å²) in [5.41, 5.74) is 16.3. The van der Waals surface area contributed by atoms with Crippen molar-refractivity contribution in [2.45, 2.75) is 38.5 Å². The summed E-state index contributed by atoms with van der Waals surface area (Å²) in [5.74, 6) is 0. The third-order valence-electron chi connectivity index (χ3n) is 10.7. The zero-order valence-electron chi connectivity index (χ0n) is 25.7. The van der Waals surface area contributed by atoms with E-state index in [2.05, 4.69) is 161 Å². The summed E-state index contributed by atoms with van der Waals surface area (Å²) in [5, 5.41) is 5.16. The van der Waals surface area contributed by atoms with E-state index < -0.39 is 0 Å². The van der Waals surface area contributed by atoms with Crippen LogP contribution in [-0.4, -0.2) is 0 Å². The lowest BCUT2D eigenvalue weighted by atomic mass is 9.81. The fourth-order valence-electron chi connectivity index (χ4n) is 8.30. The lowest BCUT2D eigenvalue weighted by molar-refractivity contribution is 0.660. The summed E-state index contributed by atoms with van der Waals surface area (Å²) in [6.07, 6.45) is 0. The third-order valence-corrected chi connectivity index (χ3v) is 10.7. The van der Waals surface area contributed by atoms with Gasteiger partial charge in [-0.15, -0.1) is 0 Å². The molecule has 2 aliphatic rings. The lowest BCUT2D eigenvalue weighted by Crippen LogP contribution is -2.14.